The minimum Gasteiger partial charge on any atom is -0.493 e. The number of rotatable bonds is 7. The van der Waals surface area contributed by atoms with Crippen LogP contribution >= 0.6 is 0 Å². The van der Waals surface area contributed by atoms with Crippen molar-refractivity contribution in [3.8, 4) is 17.2 Å². The van der Waals surface area contributed by atoms with Gasteiger partial charge in [0, 0.05) is 18.7 Å². The highest BCUT2D eigenvalue weighted by atomic mass is 16.6. The van der Waals surface area contributed by atoms with Gasteiger partial charge in [0.1, 0.15) is 19.0 Å². The number of ether oxygens (including phenoxy) is 3. The van der Waals surface area contributed by atoms with Crippen LogP contribution in [-0.2, 0) is 11.3 Å². The van der Waals surface area contributed by atoms with Crippen LogP contribution in [0.5, 0.6) is 17.2 Å². The largest absolute Gasteiger partial charge is 0.493 e. The molecule has 1 aliphatic heterocycles. The minimum atomic E-state index is 0.0659. The molecule has 0 saturated carbocycles. The van der Waals surface area contributed by atoms with Crippen LogP contribution < -0.4 is 14.2 Å². The number of nitrogens with zero attached hydrogens (tertiary/aromatic N) is 1. The van der Waals surface area contributed by atoms with Crippen molar-refractivity contribution in [2.75, 3.05) is 26.4 Å². The van der Waals surface area contributed by atoms with Crippen molar-refractivity contribution in [3.05, 3.63) is 53.1 Å². The fraction of sp³-hybridized carbons (Fsp3) is 0.409. The van der Waals surface area contributed by atoms with E-state index in [0.717, 1.165) is 33.9 Å². The van der Waals surface area contributed by atoms with Gasteiger partial charge in [-0.3, -0.25) is 4.79 Å². The molecule has 5 heteroatoms. The highest BCUT2D eigenvalue weighted by molar-refractivity contribution is 5.76. The first kappa shape index (κ1) is 19.1. The average Bonchev–Trinajstić information content (AvgIpc) is 2.65. The van der Waals surface area contributed by atoms with Gasteiger partial charge in [-0.1, -0.05) is 18.2 Å². The van der Waals surface area contributed by atoms with Gasteiger partial charge in [0.15, 0.2) is 11.5 Å². The summed E-state index contributed by atoms with van der Waals surface area (Å²) in [5, 5.41) is 0. The number of carbonyl (C=O) groups is 1. The lowest BCUT2D eigenvalue weighted by atomic mass is 10.1. The van der Waals surface area contributed by atoms with Crippen molar-refractivity contribution in [1.29, 1.82) is 0 Å². The van der Waals surface area contributed by atoms with Gasteiger partial charge >= 0.3 is 0 Å². The molecule has 1 amide bonds. The molecular weight excluding hydrogens is 342 g/mol. The van der Waals surface area contributed by atoms with Crippen LogP contribution in [0.15, 0.2) is 36.4 Å². The zero-order chi connectivity index (χ0) is 19.2. The summed E-state index contributed by atoms with van der Waals surface area (Å²) >= 11 is 0. The maximum atomic E-state index is 12.6. The highest BCUT2D eigenvalue weighted by Gasteiger charge is 2.19. The summed E-state index contributed by atoms with van der Waals surface area (Å²) < 4.78 is 17.2. The number of hydrogen-bond donors (Lipinski definition) is 0. The third-order valence-electron chi connectivity index (χ3n) is 4.52. The number of fused-ring (bicyclic) bond motifs is 1. The Bertz CT molecular complexity index is 783. The molecule has 0 aromatic heterocycles. The standard InChI is InChI=1S/C22H27NO4/c1-4-23(15-18-6-5-7-20-22(18)27-11-10-26-20)21(24)8-9-25-19-13-16(2)12-17(3)14-19/h5-7,12-14H,4,8-11,15H2,1-3H3. The molecule has 0 N–H and O–H groups in total. The lowest BCUT2D eigenvalue weighted by Crippen LogP contribution is -2.31. The molecule has 3 rings (SSSR count). The molecule has 1 heterocycles. The average molecular weight is 369 g/mol. The molecule has 0 unspecified atom stereocenters. The molecule has 27 heavy (non-hydrogen) atoms. The molecule has 0 spiro atoms. The van der Waals surface area contributed by atoms with Gasteiger partial charge in [-0.2, -0.15) is 0 Å². The predicted molar refractivity (Wildman–Crippen MR) is 105 cm³/mol. The van der Waals surface area contributed by atoms with Gasteiger partial charge in [0.2, 0.25) is 5.91 Å². The SMILES string of the molecule is CCN(Cc1cccc2c1OCCO2)C(=O)CCOc1cc(C)cc(C)c1. The van der Waals surface area contributed by atoms with Gasteiger partial charge in [0.05, 0.1) is 13.0 Å². The van der Waals surface area contributed by atoms with Crippen LogP contribution in [-0.4, -0.2) is 37.2 Å². The van der Waals surface area contributed by atoms with Crippen molar-refractivity contribution in [3.63, 3.8) is 0 Å². The van der Waals surface area contributed by atoms with Crippen LogP contribution in [0.3, 0.4) is 0 Å². The fourth-order valence-electron chi connectivity index (χ4n) is 3.27. The number of benzene rings is 2. The second-order valence-electron chi connectivity index (χ2n) is 6.77. The number of para-hydroxylation sites is 1. The van der Waals surface area contributed by atoms with Crippen molar-refractivity contribution in [1.82, 2.24) is 4.90 Å². The van der Waals surface area contributed by atoms with Crippen LogP contribution in [0.2, 0.25) is 0 Å². The number of hydrogen-bond acceptors (Lipinski definition) is 4. The maximum Gasteiger partial charge on any atom is 0.226 e. The summed E-state index contributed by atoms with van der Waals surface area (Å²) in [6, 6.07) is 11.9. The monoisotopic (exact) mass is 369 g/mol. The normalized spacial score (nSPS) is 12.6. The second-order valence-corrected chi connectivity index (χ2v) is 6.77. The van der Waals surface area contributed by atoms with Crippen molar-refractivity contribution < 1.29 is 19.0 Å². The molecule has 0 saturated heterocycles. The summed E-state index contributed by atoms with van der Waals surface area (Å²) in [7, 11) is 0. The Kier molecular flexibility index (Phi) is 6.22. The molecule has 2 aromatic rings. The minimum absolute atomic E-state index is 0.0659. The number of aryl methyl sites for hydroxylation is 2. The molecule has 0 aliphatic carbocycles. The van der Waals surface area contributed by atoms with Gasteiger partial charge in [-0.05, 0) is 50.1 Å². The maximum absolute atomic E-state index is 12.6. The Hall–Kier alpha value is -2.69. The first-order valence-electron chi connectivity index (χ1n) is 9.43. The van der Waals surface area contributed by atoms with E-state index in [0.29, 0.717) is 39.3 Å². The van der Waals surface area contributed by atoms with Crippen molar-refractivity contribution in [2.45, 2.75) is 33.7 Å². The van der Waals surface area contributed by atoms with Gasteiger partial charge in [0.25, 0.3) is 0 Å². The molecule has 144 valence electrons. The topological polar surface area (TPSA) is 48.0 Å². The van der Waals surface area contributed by atoms with Gasteiger partial charge in [-0.25, -0.2) is 0 Å². The fourth-order valence-corrected chi connectivity index (χ4v) is 3.27. The Morgan fingerprint density at radius 1 is 1.11 bits per heavy atom. The van der Waals surface area contributed by atoms with Crippen LogP contribution in [0.25, 0.3) is 0 Å². The predicted octanol–water partition coefficient (Wildman–Crippen LogP) is 3.89. The van der Waals surface area contributed by atoms with E-state index in [1.165, 1.54) is 0 Å². The Labute approximate surface area is 160 Å². The van der Waals surface area contributed by atoms with Gasteiger partial charge in [-0.15, -0.1) is 0 Å². The Balaban J connectivity index is 1.58. The van der Waals surface area contributed by atoms with E-state index in [1.54, 1.807) is 0 Å². The summed E-state index contributed by atoms with van der Waals surface area (Å²) in [6.45, 7) is 8.65. The quantitative estimate of drug-likeness (QED) is 0.743. The van der Waals surface area contributed by atoms with E-state index in [2.05, 4.69) is 6.07 Å². The molecule has 5 nitrogen and oxygen atoms in total. The van der Waals surface area contributed by atoms with Crippen LogP contribution in [0, 0.1) is 13.8 Å². The summed E-state index contributed by atoms with van der Waals surface area (Å²) in [5.74, 6) is 2.38. The molecular formula is C22H27NO4. The summed E-state index contributed by atoms with van der Waals surface area (Å²) in [5.41, 5.74) is 3.28. The van der Waals surface area contributed by atoms with Gasteiger partial charge < -0.3 is 19.1 Å². The molecule has 1 aliphatic rings. The van der Waals surface area contributed by atoms with Crippen LogP contribution in [0.1, 0.15) is 30.0 Å². The van der Waals surface area contributed by atoms with E-state index in [1.807, 2.05) is 56.0 Å². The summed E-state index contributed by atoms with van der Waals surface area (Å²) in [4.78, 5) is 14.5. The first-order valence-corrected chi connectivity index (χ1v) is 9.43. The molecule has 2 aromatic carbocycles. The molecule has 0 radical (unpaired) electrons. The first-order chi connectivity index (χ1) is 13.1. The third-order valence-corrected chi connectivity index (χ3v) is 4.52. The van der Waals surface area contributed by atoms with Crippen LogP contribution in [0.4, 0.5) is 0 Å². The third kappa shape index (κ3) is 4.94. The Morgan fingerprint density at radius 2 is 1.85 bits per heavy atom. The van der Waals surface area contributed by atoms with E-state index in [4.69, 9.17) is 14.2 Å². The van der Waals surface area contributed by atoms with E-state index >= 15 is 0 Å². The van der Waals surface area contributed by atoms with Crippen molar-refractivity contribution in [2.24, 2.45) is 0 Å². The summed E-state index contributed by atoms with van der Waals surface area (Å²) in [6.07, 6.45) is 0.340. The number of carbonyl (C=O) groups excluding carboxylic acids is 1. The van der Waals surface area contributed by atoms with E-state index < -0.39 is 0 Å². The zero-order valence-corrected chi connectivity index (χ0v) is 16.3. The zero-order valence-electron chi connectivity index (χ0n) is 16.3. The number of amides is 1. The lowest BCUT2D eigenvalue weighted by Gasteiger charge is -2.25. The Morgan fingerprint density at radius 3 is 2.59 bits per heavy atom. The lowest BCUT2D eigenvalue weighted by molar-refractivity contribution is -0.132. The smallest absolute Gasteiger partial charge is 0.226 e. The van der Waals surface area contributed by atoms with E-state index in [-0.39, 0.29) is 5.91 Å². The molecule has 0 bridgehead atoms. The molecule has 0 atom stereocenters. The molecule has 0 fully saturated rings. The highest BCUT2D eigenvalue weighted by Crippen LogP contribution is 2.34. The van der Waals surface area contributed by atoms with Crippen molar-refractivity contribution >= 4 is 5.91 Å². The van der Waals surface area contributed by atoms with E-state index in [9.17, 15) is 4.79 Å². The second kappa shape index (κ2) is 8.80.